The number of carbonyl (C=O) groups excluding carboxylic acids is 1. The molecule has 0 saturated heterocycles. The van der Waals surface area contributed by atoms with Crippen molar-refractivity contribution in [2.75, 3.05) is 47.5 Å². The lowest BCUT2D eigenvalue weighted by Crippen LogP contribution is -2.37. The molecule has 0 bridgehead atoms. The average molecular weight is 835 g/mol. The Kier molecular flexibility index (Phi) is 38.2. The van der Waals surface area contributed by atoms with E-state index in [1.807, 2.05) is 57.6 Å². The van der Waals surface area contributed by atoms with E-state index in [-0.39, 0.29) is 26.2 Å². The zero-order chi connectivity index (χ0) is 42.8. The fourth-order valence-corrected chi connectivity index (χ4v) is 6.37. The fraction of sp³-hybridized carbons (Fsp3) is 0.688. The van der Waals surface area contributed by atoms with Crippen molar-refractivity contribution in [2.24, 2.45) is 0 Å². The standard InChI is InChI=1S/C48H84NO8P/c1-6-8-10-11-12-13-14-15-16-17-21-24-27-30-33-37-42-54-44-47(45-56-58(52,53)55-43-41-49(3,4)5)57-48(51)40-36-32-29-26-23-20-18-19-22-25-28-31-35-39-46(50)38-34-9-7-2/h9,19-20,22-23,28-29,31-32,34-35,37,39,42,46-47,50H,6-8,10-18,21,24-27,30,33,36,38,40-41,43-45H2,1-5H3/p+1/b22-19-,23-20-,31-28+,32-29-,34-9-,39-35+,42-37+/t46?,47-/m1/s1. The summed E-state index contributed by atoms with van der Waals surface area (Å²) in [5.41, 5.74) is 0. The second kappa shape index (κ2) is 39.9. The van der Waals surface area contributed by atoms with Gasteiger partial charge in [0.05, 0.1) is 40.1 Å². The minimum absolute atomic E-state index is 0.00358. The molecule has 2 unspecified atom stereocenters. The van der Waals surface area contributed by atoms with Crippen molar-refractivity contribution < 1.29 is 42.4 Å². The summed E-state index contributed by atoms with van der Waals surface area (Å²) in [5, 5.41) is 9.85. The van der Waals surface area contributed by atoms with Crippen molar-refractivity contribution in [1.82, 2.24) is 0 Å². The number of rotatable bonds is 40. The molecule has 0 aromatic carbocycles. The maximum absolute atomic E-state index is 12.7. The van der Waals surface area contributed by atoms with Gasteiger partial charge in [-0.05, 0) is 57.4 Å². The molecule has 0 heterocycles. The van der Waals surface area contributed by atoms with Gasteiger partial charge in [0.2, 0.25) is 0 Å². The van der Waals surface area contributed by atoms with Crippen LogP contribution in [0.2, 0.25) is 0 Å². The van der Waals surface area contributed by atoms with E-state index in [2.05, 4.69) is 50.3 Å². The number of allylic oxidation sites excluding steroid dienone is 11. The molecule has 2 N–H and O–H groups in total. The van der Waals surface area contributed by atoms with Crippen molar-refractivity contribution in [3.05, 3.63) is 85.3 Å². The largest absolute Gasteiger partial charge is 0.498 e. The Bertz CT molecular complexity index is 1220. The molecule has 0 fully saturated rings. The lowest BCUT2D eigenvalue weighted by atomic mass is 10.0. The van der Waals surface area contributed by atoms with Gasteiger partial charge in [0.25, 0.3) is 0 Å². The fourth-order valence-electron chi connectivity index (χ4n) is 5.63. The van der Waals surface area contributed by atoms with Gasteiger partial charge in [0.15, 0.2) is 6.10 Å². The third-order valence-electron chi connectivity index (χ3n) is 9.13. The molecule has 0 rings (SSSR count). The molecule has 0 radical (unpaired) electrons. The number of aliphatic hydroxyl groups is 1. The summed E-state index contributed by atoms with van der Waals surface area (Å²) in [6, 6.07) is 0. The predicted octanol–water partition coefficient (Wildman–Crippen LogP) is 12.6. The van der Waals surface area contributed by atoms with Crippen molar-refractivity contribution in [1.29, 1.82) is 0 Å². The van der Waals surface area contributed by atoms with E-state index >= 15 is 0 Å². The van der Waals surface area contributed by atoms with Crippen LogP contribution in [-0.2, 0) is 27.9 Å². The Morgan fingerprint density at radius 2 is 1.22 bits per heavy atom. The zero-order valence-electron chi connectivity index (χ0n) is 37.4. The lowest BCUT2D eigenvalue weighted by molar-refractivity contribution is -0.870. The first-order chi connectivity index (χ1) is 28.0. The summed E-state index contributed by atoms with van der Waals surface area (Å²) in [7, 11) is 1.55. The number of phosphoric ester groups is 1. The van der Waals surface area contributed by atoms with Crippen LogP contribution in [0.25, 0.3) is 0 Å². The third kappa shape index (κ3) is 43.1. The van der Waals surface area contributed by atoms with Crippen LogP contribution < -0.4 is 0 Å². The smallest absolute Gasteiger partial charge is 0.472 e. The van der Waals surface area contributed by atoms with Crippen LogP contribution in [-0.4, -0.2) is 80.2 Å². The van der Waals surface area contributed by atoms with E-state index in [1.54, 1.807) is 12.3 Å². The predicted molar refractivity (Wildman–Crippen MR) is 243 cm³/mol. The highest BCUT2D eigenvalue weighted by molar-refractivity contribution is 7.47. The van der Waals surface area contributed by atoms with Gasteiger partial charge in [-0.15, -0.1) is 0 Å². The summed E-state index contributed by atoms with van der Waals surface area (Å²) < 4.78 is 34.6. The van der Waals surface area contributed by atoms with E-state index in [9.17, 15) is 19.4 Å². The van der Waals surface area contributed by atoms with E-state index in [0.29, 0.717) is 23.9 Å². The number of phosphoric acid groups is 1. The number of likely N-dealkylation sites (N-methyl/N-ethyl adjacent to an activating group) is 1. The van der Waals surface area contributed by atoms with Crippen LogP contribution in [0.3, 0.4) is 0 Å². The van der Waals surface area contributed by atoms with Gasteiger partial charge in [-0.25, -0.2) is 4.57 Å². The Hall–Kier alpha value is -2.52. The molecule has 3 atom stereocenters. The number of hydrogen-bond donors (Lipinski definition) is 2. The number of aliphatic hydroxyl groups excluding tert-OH is 1. The maximum atomic E-state index is 12.7. The number of unbranched alkanes of at least 4 members (excludes halogenated alkanes) is 14. The van der Waals surface area contributed by atoms with Gasteiger partial charge in [0.1, 0.15) is 19.8 Å². The molecule has 0 aliphatic heterocycles. The molecule has 0 aliphatic rings. The van der Waals surface area contributed by atoms with Crippen LogP contribution in [0.5, 0.6) is 0 Å². The molecule has 0 aliphatic carbocycles. The summed E-state index contributed by atoms with van der Waals surface area (Å²) >= 11 is 0. The Morgan fingerprint density at radius 1 is 0.655 bits per heavy atom. The van der Waals surface area contributed by atoms with Crippen LogP contribution in [0, 0.1) is 0 Å². The van der Waals surface area contributed by atoms with E-state index < -0.39 is 26.0 Å². The third-order valence-corrected chi connectivity index (χ3v) is 10.1. The number of carbonyl (C=O) groups is 1. The monoisotopic (exact) mass is 835 g/mol. The normalized spacial score (nSPS) is 15.0. The topological polar surface area (TPSA) is 112 Å². The molecule has 0 aromatic heterocycles. The highest BCUT2D eigenvalue weighted by Crippen LogP contribution is 2.43. The Balaban J connectivity index is 4.46. The first kappa shape index (κ1) is 55.5. The lowest BCUT2D eigenvalue weighted by Gasteiger charge is -2.24. The first-order valence-corrected chi connectivity index (χ1v) is 24.0. The minimum Gasteiger partial charge on any atom is -0.498 e. The van der Waals surface area contributed by atoms with Crippen molar-refractivity contribution >= 4 is 13.8 Å². The molecule has 9 nitrogen and oxygen atoms in total. The van der Waals surface area contributed by atoms with Gasteiger partial charge < -0.3 is 24.0 Å². The van der Waals surface area contributed by atoms with E-state index in [0.717, 1.165) is 38.5 Å². The average Bonchev–Trinajstić information content (AvgIpc) is 3.17. The summed E-state index contributed by atoms with van der Waals surface area (Å²) in [4.78, 5) is 22.8. The highest BCUT2D eigenvalue weighted by Gasteiger charge is 2.26. The SMILES string of the molecule is CC/C=C\CC(O)/C=C/C=C/C/C=C\C/C=C\C/C=C\CCC(=O)O[C@H](CO/C=C/CCCCCCCCCCCCCCCC)COP(=O)(O)OCC[N+](C)(C)C. The van der Waals surface area contributed by atoms with Crippen LogP contribution in [0.1, 0.15) is 155 Å². The number of nitrogens with zero attached hydrogens (tertiary/aromatic N) is 1. The van der Waals surface area contributed by atoms with Crippen LogP contribution in [0.15, 0.2) is 85.3 Å². The van der Waals surface area contributed by atoms with Crippen molar-refractivity contribution in [3.63, 3.8) is 0 Å². The molecule has 334 valence electrons. The van der Waals surface area contributed by atoms with Crippen molar-refractivity contribution in [3.8, 4) is 0 Å². The molecule has 0 aromatic rings. The molecule has 0 spiro atoms. The minimum atomic E-state index is -4.33. The summed E-state index contributed by atoms with van der Waals surface area (Å²) in [6.45, 7) is 4.61. The van der Waals surface area contributed by atoms with Gasteiger partial charge in [0, 0.05) is 6.42 Å². The Morgan fingerprint density at radius 3 is 1.81 bits per heavy atom. The van der Waals surface area contributed by atoms with Crippen LogP contribution >= 0.6 is 7.82 Å². The maximum Gasteiger partial charge on any atom is 0.472 e. The van der Waals surface area contributed by atoms with E-state index in [4.69, 9.17) is 18.5 Å². The summed E-state index contributed by atoms with van der Waals surface area (Å²) in [5.74, 6) is -0.433. The van der Waals surface area contributed by atoms with Gasteiger partial charge in [-0.1, -0.05) is 170 Å². The number of hydrogen-bond acceptors (Lipinski definition) is 7. The highest BCUT2D eigenvalue weighted by atomic mass is 31.2. The molecule has 58 heavy (non-hydrogen) atoms. The molecule has 0 saturated carbocycles. The second-order valence-corrected chi connectivity index (χ2v) is 17.4. The van der Waals surface area contributed by atoms with Crippen molar-refractivity contribution in [2.45, 2.75) is 167 Å². The second-order valence-electron chi connectivity index (χ2n) is 16.0. The van der Waals surface area contributed by atoms with Crippen LogP contribution in [0.4, 0.5) is 0 Å². The van der Waals surface area contributed by atoms with Gasteiger partial charge in [-0.2, -0.15) is 0 Å². The Labute approximate surface area is 355 Å². The molecular weight excluding hydrogens is 750 g/mol. The molecule has 10 heteroatoms. The quantitative estimate of drug-likeness (QED) is 0.0119. The number of esters is 1. The van der Waals surface area contributed by atoms with Gasteiger partial charge in [-0.3, -0.25) is 13.8 Å². The first-order valence-electron chi connectivity index (χ1n) is 22.5. The van der Waals surface area contributed by atoms with Gasteiger partial charge >= 0.3 is 13.8 Å². The molecular formula is C48H85NO8P+. The number of quaternary nitrogens is 1. The molecule has 0 amide bonds. The van der Waals surface area contributed by atoms with E-state index in [1.165, 1.54) is 83.5 Å². The number of ether oxygens (including phenoxy) is 2. The summed E-state index contributed by atoms with van der Waals surface area (Å²) in [6.07, 6.45) is 50.6. The zero-order valence-corrected chi connectivity index (χ0v) is 38.3.